The van der Waals surface area contributed by atoms with Crippen molar-refractivity contribution in [2.45, 2.75) is 37.8 Å². The van der Waals surface area contributed by atoms with E-state index in [1.54, 1.807) is 32.0 Å². The number of nitrogens with one attached hydrogen (secondary N) is 1. The summed E-state index contributed by atoms with van der Waals surface area (Å²) in [4.78, 5) is 28.5. The van der Waals surface area contributed by atoms with Crippen LogP contribution in [0.15, 0.2) is 59.5 Å². The second-order valence-electron chi connectivity index (χ2n) is 9.43. The molecule has 14 heteroatoms. The molecule has 3 aromatic carbocycles. The van der Waals surface area contributed by atoms with Crippen LogP contribution in [0, 0.1) is 0 Å². The molecule has 238 valence electrons. The van der Waals surface area contributed by atoms with Gasteiger partial charge in [-0.05, 0) is 61.4 Å². The van der Waals surface area contributed by atoms with E-state index in [2.05, 4.69) is 5.32 Å². The highest BCUT2D eigenvalue weighted by Gasteiger charge is 2.35. The van der Waals surface area contributed by atoms with Crippen molar-refractivity contribution in [3.8, 4) is 17.2 Å². The summed E-state index contributed by atoms with van der Waals surface area (Å²) in [5.74, 6) is -0.423. The van der Waals surface area contributed by atoms with Crippen LogP contribution >= 0.6 is 34.8 Å². The molecule has 0 bridgehead atoms. The van der Waals surface area contributed by atoms with Gasteiger partial charge in [-0.3, -0.25) is 13.9 Å². The number of methoxy groups -OCH3 is 3. The Kier molecular flexibility index (Phi) is 12.4. The van der Waals surface area contributed by atoms with Crippen molar-refractivity contribution in [3.63, 3.8) is 0 Å². The maximum Gasteiger partial charge on any atom is 0.265 e. The minimum absolute atomic E-state index is 0.0173. The van der Waals surface area contributed by atoms with Gasteiger partial charge in [0.2, 0.25) is 11.8 Å². The van der Waals surface area contributed by atoms with Crippen LogP contribution in [0.2, 0.25) is 15.1 Å². The van der Waals surface area contributed by atoms with Gasteiger partial charge in [-0.25, -0.2) is 8.42 Å². The number of ether oxygens (including phenoxy) is 3. The summed E-state index contributed by atoms with van der Waals surface area (Å²) in [7, 11) is -0.292. The van der Waals surface area contributed by atoms with E-state index in [1.807, 2.05) is 0 Å². The van der Waals surface area contributed by atoms with Gasteiger partial charge in [0, 0.05) is 24.2 Å². The summed E-state index contributed by atoms with van der Waals surface area (Å²) in [6.07, 6.45) is 0.252. The summed E-state index contributed by atoms with van der Waals surface area (Å²) in [5, 5.41) is 3.55. The zero-order valence-corrected chi connectivity index (χ0v) is 28.0. The molecule has 0 saturated heterocycles. The molecule has 44 heavy (non-hydrogen) atoms. The fourth-order valence-corrected chi connectivity index (χ4v) is 6.44. The largest absolute Gasteiger partial charge is 0.495 e. The number of anilines is 1. The van der Waals surface area contributed by atoms with Crippen LogP contribution in [0.25, 0.3) is 0 Å². The quantitative estimate of drug-likeness (QED) is 0.228. The second kappa shape index (κ2) is 15.6. The molecule has 0 unspecified atom stereocenters. The number of benzene rings is 3. The number of amides is 2. The topological polar surface area (TPSA) is 114 Å². The van der Waals surface area contributed by atoms with Crippen LogP contribution in [0.3, 0.4) is 0 Å². The molecule has 0 aromatic heterocycles. The first-order valence-electron chi connectivity index (χ1n) is 13.5. The molecule has 2 amide bonds. The molecule has 0 aliphatic heterocycles. The highest BCUT2D eigenvalue weighted by atomic mass is 35.5. The van der Waals surface area contributed by atoms with E-state index >= 15 is 0 Å². The van der Waals surface area contributed by atoms with Crippen LogP contribution in [-0.4, -0.2) is 65.6 Å². The van der Waals surface area contributed by atoms with Crippen LogP contribution in [0.4, 0.5) is 5.69 Å². The van der Waals surface area contributed by atoms with E-state index in [1.165, 1.54) is 62.6 Å². The minimum atomic E-state index is -4.47. The maximum atomic E-state index is 14.3. The van der Waals surface area contributed by atoms with E-state index in [-0.39, 0.29) is 45.1 Å². The van der Waals surface area contributed by atoms with E-state index in [0.717, 1.165) is 4.31 Å². The Morgan fingerprint density at radius 3 is 2.09 bits per heavy atom. The molecule has 0 fully saturated rings. The van der Waals surface area contributed by atoms with E-state index in [0.29, 0.717) is 22.9 Å². The van der Waals surface area contributed by atoms with Gasteiger partial charge < -0.3 is 24.4 Å². The van der Waals surface area contributed by atoms with Crippen LogP contribution < -0.4 is 23.8 Å². The Bertz CT molecular complexity index is 1600. The zero-order chi connectivity index (χ0) is 32.6. The van der Waals surface area contributed by atoms with Crippen molar-refractivity contribution < 1.29 is 32.2 Å². The lowest BCUT2D eigenvalue weighted by atomic mass is 10.1. The molecule has 0 aliphatic carbocycles. The number of hydrogen-bond acceptors (Lipinski definition) is 7. The molecular formula is C30H34Cl3N3O7S. The van der Waals surface area contributed by atoms with Gasteiger partial charge in [-0.2, -0.15) is 0 Å². The first-order valence-corrected chi connectivity index (χ1v) is 16.1. The fraction of sp³-hybridized carbons (Fsp3) is 0.333. The number of likely N-dealkylation sites (N-methyl/N-ethyl adjacent to an activating group) is 1. The molecule has 0 radical (unpaired) electrons. The zero-order valence-electron chi connectivity index (χ0n) is 24.9. The highest BCUT2D eigenvalue weighted by Crippen LogP contribution is 2.37. The molecule has 1 N–H and O–H groups in total. The highest BCUT2D eigenvalue weighted by molar-refractivity contribution is 7.92. The SMILES string of the molecule is CCNC(=O)[C@H](CC)N(Cc1ccc(Cl)c(Cl)c1)C(=O)CN(c1cc(Cl)ccc1OC)S(=O)(=O)c1ccc(OC)c(OC)c1. The van der Waals surface area contributed by atoms with Gasteiger partial charge in [0.15, 0.2) is 11.5 Å². The standard InChI is InChI=1S/C30H34Cl3N3O7S/c1-6-24(30(38)34-7-2)35(17-19-8-11-22(32)23(33)14-19)29(37)18-36(25-15-20(31)9-12-26(25)41-3)44(39,40)21-10-13-27(42-4)28(16-21)43-5/h8-16,24H,6-7,17-18H2,1-5H3,(H,34,38)/t24-/m0/s1. The summed E-state index contributed by atoms with van der Waals surface area (Å²) in [6, 6.07) is 12.4. The Morgan fingerprint density at radius 1 is 0.841 bits per heavy atom. The molecular weight excluding hydrogens is 653 g/mol. The van der Waals surface area contributed by atoms with Crippen molar-refractivity contribution in [3.05, 3.63) is 75.2 Å². The maximum absolute atomic E-state index is 14.3. The lowest BCUT2D eigenvalue weighted by molar-refractivity contribution is -0.140. The molecule has 0 spiro atoms. The van der Waals surface area contributed by atoms with Gasteiger partial charge in [0.05, 0.1) is 42.0 Å². The number of sulfonamides is 1. The normalized spacial score (nSPS) is 11.8. The number of halogens is 3. The summed E-state index contributed by atoms with van der Waals surface area (Å²) in [5.41, 5.74) is 0.605. The van der Waals surface area contributed by atoms with Crippen molar-refractivity contribution in [2.24, 2.45) is 0 Å². The van der Waals surface area contributed by atoms with Gasteiger partial charge in [0.1, 0.15) is 18.3 Å². The van der Waals surface area contributed by atoms with Crippen LogP contribution in [-0.2, 0) is 26.2 Å². The molecule has 0 saturated carbocycles. The Labute approximate surface area is 272 Å². The van der Waals surface area contributed by atoms with E-state index in [9.17, 15) is 18.0 Å². The van der Waals surface area contributed by atoms with Crippen molar-refractivity contribution >= 4 is 62.3 Å². The third-order valence-corrected chi connectivity index (χ3v) is 9.44. The predicted octanol–water partition coefficient (Wildman–Crippen LogP) is 5.81. The molecule has 0 heterocycles. The third-order valence-electron chi connectivity index (χ3n) is 6.71. The number of carbonyl (C=O) groups excluding carboxylic acids is 2. The number of hydrogen-bond donors (Lipinski definition) is 1. The van der Waals surface area contributed by atoms with E-state index < -0.39 is 34.4 Å². The number of carbonyl (C=O) groups is 2. The molecule has 10 nitrogen and oxygen atoms in total. The summed E-state index contributed by atoms with van der Waals surface area (Å²) in [6.45, 7) is 3.10. The lowest BCUT2D eigenvalue weighted by Crippen LogP contribution is -2.52. The summed E-state index contributed by atoms with van der Waals surface area (Å²) < 4.78 is 45.6. The van der Waals surface area contributed by atoms with Gasteiger partial charge in [-0.15, -0.1) is 0 Å². The van der Waals surface area contributed by atoms with Gasteiger partial charge in [0.25, 0.3) is 10.0 Å². The number of rotatable bonds is 14. The smallest absolute Gasteiger partial charge is 0.265 e. The molecule has 1 atom stereocenters. The molecule has 3 rings (SSSR count). The number of nitrogens with zero attached hydrogens (tertiary/aromatic N) is 2. The Balaban J connectivity index is 2.18. The summed E-state index contributed by atoms with van der Waals surface area (Å²) >= 11 is 18.6. The predicted molar refractivity (Wildman–Crippen MR) is 172 cm³/mol. The monoisotopic (exact) mass is 685 g/mol. The van der Waals surface area contributed by atoms with Crippen LogP contribution in [0.5, 0.6) is 17.2 Å². The second-order valence-corrected chi connectivity index (χ2v) is 12.5. The first-order chi connectivity index (χ1) is 20.9. The third kappa shape index (κ3) is 8.01. The van der Waals surface area contributed by atoms with Crippen LogP contribution in [0.1, 0.15) is 25.8 Å². The average Bonchev–Trinajstić information content (AvgIpc) is 3.00. The fourth-order valence-electron chi connectivity index (χ4n) is 4.52. The molecule has 0 aliphatic rings. The van der Waals surface area contributed by atoms with E-state index in [4.69, 9.17) is 49.0 Å². The lowest BCUT2D eigenvalue weighted by Gasteiger charge is -2.33. The Morgan fingerprint density at radius 2 is 1.50 bits per heavy atom. The van der Waals surface area contributed by atoms with Crippen molar-refractivity contribution in [1.82, 2.24) is 10.2 Å². The van der Waals surface area contributed by atoms with Gasteiger partial charge in [-0.1, -0.05) is 47.8 Å². The van der Waals surface area contributed by atoms with Crippen molar-refractivity contribution in [2.75, 3.05) is 38.7 Å². The Hall–Kier alpha value is -3.38. The minimum Gasteiger partial charge on any atom is -0.495 e. The molecule has 3 aromatic rings. The van der Waals surface area contributed by atoms with Gasteiger partial charge >= 0.3 is 0 Å². The van der Waals surface area contributed by atoms with Crippen molar-refractivity contribution in [1.29, 1.82) is 0 Å². The first kappa shape index (κ1) is 35.1. The average molecular weight is 687 g/mol.